The molecule has 17 heavy (non-hydrogen) atoms. The number of nitrogens with one attached hydrogen (secondary N) is 1. The summed E-state index contributed by atoms with van der Waals surface area (Å²) >= 11 is 4.99. The molecule has 0 fully saturated rings. The maximum atomic E-state index is 12.2. The van der Waals surface area contributed by atoms with Crippen LogP contribution in [0.25, 0.3) is 10.9 Å². The summed E-state index contributed by atoms with van der Waals surface area (Å²) < 4.78 is 34.0. The van der Waals surface area contributed by atoms with Crippen molar-refractivity contribution in [3.05, 3.63) is 23.1 Å². The van der Waals surface area contributed by atoms with E-state index in [1.165, 1.54) is 25.6 Å². The Morgan fingerprint density at radius 3 is 2.76 bits per heavy atom. The first-order valence-electron chi connectivity index (χ1n) is 4.62. The van der Waals surface area contributed by atoms with E-state index in [9.17, 15) is 8.78 Å². The van der Waals surface area contributed by atoms with Gasteiger partial charge in [0.25, 0.3) is 0 Å². The van der Waals surface area contributed by atoms with Gasteiger partial charge in [-0.3, -0.25) is 0 Å². The first-order chi connectivity index (χ1) is 8.11. The van der Waals surface area contributed by atoms with Gasteiger partial charge in [-0.05, 0) is 6.07 Å². The van der Waals surface area contributed by atoms with E-state index in [1.54, 1.807) is 0 Å². The number of aromatic amines is 1. The summed E-state index contributed by atoms with van der Waals surface area (Å²) in [5.41, 5.74) is 0.642. The molecular weight excluding hydrogens is 250 g/mol. The van der Waals surface area contributed by atoms with Crippen molar-refractivity contribution in [1.29, 1.82) is 0 Å². The molecular formula is C10H8F2N2O2S. The maximum absolute atomic E-state index is 12.2. The topological polar surface area (TPSA) is 47.1 Å². The summed E-state index contributed by atoms with van der Waals surface area (Å²) in [5, 5.41) is 0.527. The molecule has 0 amide bonds. The van der Waals surface area contributed by atoms with Crippen LogP contribution >= 0.6 is 12.2 Å². The van der Waals surface area contributed by atoms with Crippen LogP contribution in [-0.4, -0.2) is 23.7 Å². The van der Waals surface area contributed by atoms with Gasteiger partial charge in [0.2, 0.25) is 0 Å². The summed E-state index contributed by atoms with van der Waals surface area (Å²) in [4.78, 5) is 6.70. The molecule has 0 aliphatic carbocycles. The van der Waals surface area contributed by atoms with E-state index in [2.05, 4.69) is 14.7 Å². The molecule has 0 aliphatic rings. The summed E-state index contributed by atoms with van der Waals surface area (Å²) in [6.45, 7) is -2.92. The number of nitrogens with zero attached hydrogens (tertiary/aromatic N) is 1. The van der Waals surface area contributed by atoms with E-state index in [-0.39, 0.29) is 11.5 Å². The minimum atomic E-state index is -2.92. The molecule has 2 rings (SSSR count). The molecule has 0 bridgehead atoms. The number of rotatable bonds is 3. The standard InChI is InChI=1S/C10H8F2N2O2S/c1-15-7-3-6-5(9(17)14-4-13-6)2-8(7)16-10(11)12/h2-4,10H,1H3,(H,13,14,17). The van der Waals surface area contributed by atoms with Gasteiger partial charge in [-0.2, -0.15) is 8.78 Å². The SMILES string of the molecule is COc1cc2[nH]cnc(=S)c2cc1OC(F)F. The Balaban J connectivity index is 2.65. The van der Waals surface area contributed by atoms with Gasteiger partial charge >= 0.3 is 6.61 Å². The Morgan fingerprint density at radius 2 is 2.12 bits per heavy atom. The Morgan fingerprint density at radius 1 is 1.35 bits per heavy atom. The second-order valence-corrected chi connectivity index (χ2v) is 3.52. The third-order valence-corrected chi connectivity index (χ3v) is 2.48. The number of fused-ring (bicyclic) bond motifs is 1. The fourth-order valence-electron chi connectivity index (χ4n) is 1.43. The number of alkyl halides is 2. The molecule has 0 aliphatic heterocycles. The third kappa shape index (κ3) is 2.33. The van der Waals surface area contributed by atoms with Crippen LogP contribution in [0.1, 0.15) is 0 Å². The molecule has 0 atom stereocenters. The maximum Gasteiger partial charge on any atom is 0.387 e. The highest BCUT2D eigenvalue weighted by Gasteiger charge is 2.12. The zero-order valence-electron chi connectivity index (χ0n) is 8.74. The van der Waals surface area contributed by atoms with Crippen LogP contribution in [0.5, 0.6) is 11.5 Å². The van der Waals surface area contributed by atoms with Crippen molar-refractivity contribution in [3.63, 3.8) is 0 Å². The first kappa shape index (κ1) is 11.7. The van der Waals surface area contributed by atoms with Crippen molar-refractivity contribution < 1.29 is 18.3 Å². The molecule has 90 valence electrons. The molecule has 0 spiro atoms. The zero-order valence-corrected chi connectivity index (χ0v) is 9.55. The van der Waals surface area contributed by atoms with Gasteiger partial charge in [0.15, 0.2) is 11.5 Å². The fourth-order valence-corrected chi connectivity index (χ4v) is 1.66. The van der Waals surface area contributed by atoms with Gasteiger partial charge in [0.1, 0.15) is 4.64 Å². The minimum Gasteiger partial charge on any atom is -0.493 e. The minimum absolute atomic E-state index is 0.0671. The molecule has 0 unspecified atom stereocenters. The number of halogens is 2. The first-order valence-corrected chi connectivity index (χ1v) is 5.03. The molecule has 4 nitrogen and oxygen atoms in total. The average molecular weight is 258 g/mol. The number of H-pyrrole nitrogens is 1. The van der Waals surface area contributed by atoms with Crippen LogP contribution < -0.4 is 9.47 Å². The number of hydrogen-bond donors (Lipinski definition) is 1. The normalized spacial score (nSPS) is 10.8. The van der Waals surface area contributed by atoms with Crippen molar-refractivity contribution in [2.75, 3.05) is 7.11 Å². The predicted octanol–water partition coefficient (Wildman–Crippen LogP) is 2.90. The molecule has 2 aromatic rings. The van der Waals surface area contributed by atoms with E-state index in [4.69, 9.17) is 17.0 Å². The lowest BCUT2D eigenvalue weighted by atomic mass is 10.2. The van der Waals surface area contributed by atoms with E-state index in [0.717, 1.165) is 0 Å². The molecule has 1 aromatic carbocycles. The van der Waals surface area contributed by atoms with Gasteiger partial charge in [0.05, 0.1) is 19.0 Å². The number of benzene rings is 1. The second-order valence-electron chi connectivity index (χ2n) is 3.13. The van der Waals surface area contributed by atoms with E-state index < -0.39 is 6.61 Å². The van der Waals surface area contributed by atoms with Crippen LogP contribution in [0, 0.1) is 4.64 Å². The van der Waals surface area contributed by atoms with Crippen LogP contribution in [0.3, 0.4) is 0 Å². The number of hydrogen-bond acceptors (Lipinski definition) is 4. The van der Waals surface area contributed by atoms with Crippen LogP contribution in [0.2, 0.25) is 0 Å². The molecule has 0 saturated carbocycles. The predicted molar refractivity (Wildman–Crippen MR) is 60.1 cm³/mol. The van der Waals surface area contributed by atoms with Crippen molar-refractivity contribution in [1.82, 2.24) is 9.97 Å². The Hall–Kier alpha value is -1.76. The largest absolute Gasteiger partial charge is 0.493 e. The molecule has 7 heteroatoms. The molecule has 1 N–H and O–H groups in total. The highest BCUT2D eigenvalue weighted by Crippen LogP contribution is 2.32. The van der Waals surface area contributed by atoms with Gasteiger partial charge in [-0.25, -0.2) is 4.98 Å². The monoisotopic (exact) mass is 258 g/mol. The Kier molecular flexibility index (Phi) is 3.19. The van der Waals surface area contributed by atoms with Gasteiger partial charge in [0, 0.05) is 11.5 Å². The lowest BCUT2D eigenvalue weighted by Gasteiger charge is -2.10. The van der Waals surface area contributed by atoms with Crippen molar-refractivity contribution in [2.24, 2.45) is 0 Å². The summed E-state index contributed by atoms with van der Waals surface area (Å²) in [5.74, 6) is 0.136. The van der Waals surface area contributed by atoms with Crippen molar-refractivity contribution >= 4 is 23.1 Å². The van der Waals surface area contributed by atoms with Gasteiger partial charge in [-0.1, -0.05) is 12.2 Å². The Labute approximate surface area is 100 Å². The third-order valence-electron chi connectivity index (χ3n) is 2.15. The van der Waals surface area contributed by atoms with Gasteiger partial charge in [-0.15, -0.1) is 0 Å². The highest BCUT2D eigenvalue weighted by molar-refractivity contribution is 7.71. The second kappa shape index (κ2) is 4.62. The highest BCUT2D eigenvalue weighted by atomic mass is 32.1. The number of methoxy groups -OCH3 is 1. The van der Waals surface area contributed by atoms with Crippen LogP contribution in [0.15, 0.2) is 18.5 Å². The van der Waals surface area contributed by atoms with Crippen molar-refractivity contribution in [2.45, 2.75) is 6.61 Å². The number of ether oxygens (including phenoxy) is 2. The van der Waals surface area contributed by atoms with Crippen molar-refractivity contribution in [3.8, 4) is 11.5 Å². The molecule has 0 saturated heterocycles. The van der Waals surface area contributed by atoms with E-state index in [0.29, 0.717) is 15.5 Å². The van der Waals surface area contributed by atoms with E-state index >= 15 is 0 Å². The van der Waals surface area contributed by atoms with Crippen LogP contribution in [0.4, 0.5) is 8.78 Å². The van der Waals surface area contributed by atoms with Gasteiger partial charge < -0.3 is 14.5 Å². The lowest BCUT2D eigenvalue weighted by molar-refractivity contribution is -0.0511. The zero-order chi connectivity index (χ0) is 12.4. The lowest BCUT2D eigenvalue weighted by Crippen LogP contribution is -2.03. The molecule has 1 aromatic heterocycles. The fraction of sp³-hybridized carbons (Fsp3) is 0.200. The average Bonchev–Trinajstić information content (AvgIpc) is 2.29. The molecule has 0 radical (unpaired) electrons. The Bertz CT molecular complexity index is 600. The summed E-state index contributed by atoms with van der Waals surface area (Å²) in [6, 6.07) is 2.91. The number of aromatic nitrogens is 2. The quantitative estimate of drug-likeness (QED) is 0.860. The summed E-state index contributed by atoms with van der Waals surface area (Å²) in [7, 11) is 1.37. The smallest absolute Gasteiger partial charge is 0.387 e. The summed E-state index contributed by atoms with van der Waals surface area (Å²) in [6.07, 6.45) is 1.43. The van der Waals surface area contributed by atoms with Crippen LogP contribution in [-0.2, 0) is 0 Å². The molecule has 1 heterocycles. The van der Waals surface area contributed by atoms with E-state index in [1.807, 2.05) is 0 Å².